The monoisotopic (exact) mass is 402 g/mol. The van der Waals surface area contributed by atoms with Gasteiger partial charge in [-0.25, -0.2) is 0 Å². The maximum absolute atomic E-state index is 6.33. The molecule has 3 rings (SSSR count). The highest BCUT2D eigenvalue weighted by Gasteiger charge is 2.15. The SMILES string of the molecule is CCCc1c(OCCCSc2cc[c]c(C)c2Cl)ccc2c(CC)noc12. The Balaban J connectivity index is 1.61. The summed E-state index contributed by atoms with van der Waals surface area (Å²) in [6.45, 7) is 6.91. The third kappa shape index (κ3) is 4.61. The van der Waals surface area contributed by atoms with E-state index < -0.39 is 0 Å². The Hall–Kier alpha value is -1.65. The zero-order valence-corrected chi connectivity index (χ0v) is 17.7. The van der Waals surface area contributed by atoms with Crippen molar-refractivity contribution in [3.05, 3.63) is 52.2 Å². The molecule has 0 saturated heterocycles. The second kappa shape index (κ2) is 9.52. The van der Waals surface area contributed by atoms with Gasteiger partial charge in [-0.1, -0.05) is 43.1 Å². The largest absolute Gasteiger partial charge is 0.493 e. The van der Waals surface area contributed by atoms with E-state index in [0.717, 1.165) is 74.9 Å². The van der Waals surface area contributed by atoms with E-state index in [9.17, 15) is 0 Å². The van der Waals surface area contributed by atoms with Gasteiger partial charge in [-0.3, -0.25) is 0 Å². The first-order valence-corrected chi connectivity index (χ1v) is 10.8. The van der Waals surface area contributed by atoms with Crippen molar-refractivity contribution in [3.8, 4) is 5.75 Å². The van der Waals surface area contributed by atoms with E-state index in [1.807, 2.05) is 19.1 Å². The van der Waals surface area contributed by atoms with E-state index in [2.05, 4.69) is 37.2 Å². The molecule has 0 fully saturated rings. The van der Waals surface area contributed by atoms with E-state index in [4.69, 9.17) is 20.9 Å². The van der Waals surface area contributed by atoms with Crippen molar-refractivity contribution in [1.29, 1.82) is 0 Å². The number of thioether (sulfide) groups is 1. The Morgan fingerprint density at radius 1 is 1.26 bits per heavy atom. The summed E-state index contributed by atoms with van der Waals surface area (Å²) in [4.78, 5) is 1.11. The molecular formula is C22H25ClNO2S. The molecule has 0 spiro atoms. The molecule has 0 saturated carbocycles. The van der Waals surface area contributed by atoms with Crippen molar-refractivity contribution in [3.63, 3.8) is 0 Å². The number of benzene rings is 2. The quantitative estimate of drug-likeness (QED) is 0.296. The Morgan fingerprint density at radius 3 is 2.89 bits per heavy atom. The molecule has 0 aliphatic heterocycles. The molecular weight excluding hydrogens is 378 g/mol. The number of aromatic nitrogens is 1. The molecule has 143 valence electrons. The van der Waals surface area contributed by atoms with E-state index in [-0.39, 0.29) is 0 Å². The second-order valence-electron chi connectivity index (χ2n) is 6.48. The van der Waals surface area contributed by atoms with Gasteiger partial charge >= 0.3 is 0 Å². The van der Waals surface area contributed by atoms with Crippen molar-refractivity contribution in [1.82, 2.24) is 5.16 Å². The van der Waals surface area contributed by atoms with Gasteiger partial charge in [0.1, 0.15) is 5.75 Å². The minimum Gasteiger partial charge on any atom is -0.493 e. The van der Waals surface area contributed by atoms with Crippen molar-refractivity contribution in [2.45, 2.75) is 51.3 Å². The standard InChI is InChI=1S/C22H25ClNO2S/c1-4-8-17-19(12-11-16-18(5-2)24-26-22(16)17)25-13-7-14-27-20-10-6-9-15(3)21(20)23/h6,10-12H,4-5,7-8,13-14H2,1-3H3. The number of nitrogens with zero attached hydrogens (tertiary/aromatic N) is 1. The highest BCUT2D eigenvalue weighted by Crippen LogP contribution is 2.32. The van der Waals surface area contributed by atoms with Crippen molar-refractivity contribution in [2.24, 2.45) is 0 Å². The minimum absolute atomic E-state index is 0.666. The number of hydrogen-bond acceptors (Lipinski definition) is 4. The van der Waals surface area contributed by atoms with Gasteiger partial charge < -0.3 is 9.26 Å². The van der Waals surface area contributed by atoms with Crippen LogP contribution in [0.5, 0.6) is 5.75 Å². The molecule has 0 aliphatic rings. The summed E-state index contributed by atoms with van der Waals surface area (Å²) in [7, 11) is 0. The molecule has 1 aromatic heterocycles. The number of fused-ring (bicyclic) bond motifs is 1. The van der Waals surface area contributed by atoms with Gasteiger partial charge in [0.2, 0.25) is 0 Å². The topological polar surface area (TPSA) is 35.3 Å². The number of aryl methyl sites for hydroxylation is 3. The van der Waals surface area contributed by atoms with E-state index in [0.29, 0.717) is 6.61 Å². The molecule has 0 atom stereocenters. The molecule has 0 aliphatic carbocycles. The van der Waals surface area contributed by atoms with Crippen LogP contribution in [0.1, 0.15) is 43.5 Å². The summed E-state index contributed by atoms with van der Waals surface area (Å²) in [5.41, 5.74) is 4.02. The number of ether oxygens (including phenoxy) is 1. The van der Waals surface area contributed by atoms with Gasteiger partial charge in [0, 0.05) is 21.6 Å². The van der Waals surface area contributed by atoms with Crippen LogP contribution < -0.4 is 4.74 Å². The van der Waals surface area contributed by atoms with E-state index >= 15 is 0 Å². The molecule has 3 nitrogen and oxygen atoms in total. The second-order valence-corrected chi connectivity index (χ2v) is 8.00. The average Bonchev–Trinajstić information content (AvgIpc) is 3.09. The predicted octanol–water partition coefficient (Wildman–Crippen LogP) is 6.67. The first kappa shape index (κ1) is 20.1. The van der Waals surface area contributed by atoms with Gasteiger partial charge in [0.25, 0.3) is 0 Å². The van der Waals surface area contributed by atoms with Crippen LogP contribution in [0.2, 0.25) is 5.02 Å². The lowest BCUT2D eigenvalue weighted by molar-refractivity contribution is 0.314. The third-order valence-electron chi connectivity index (χ3n) is 4.49. The summed E-state index contributed by atoms with van der Waals surface area (Å²) in [5.74, 6) is 1.87. The lowest BCUT2D eigenvalue weighted by atomic mass is 10.0. The maximum atomic E-state index is 6.33. The van der Waals surface area contributed by atoms with Gasteiger partial charge in [0.05, 0.1) is 17.3 Å². The number of hydrogen-bond donors (Lipinski definition) is 0. The number of halogens is 1. The average molecular weight is 403 g/mol. The highest BCUT2D eigenvalue weighted by atomic mass is 35.5. The van der Waals surface area contributed by atoms with Crippen molar-refractivity contribution < 1.29 is 9.26 Å². The van der Waals surface area contributed by atoms with Crippen molar-refractivity contribution >= 4 is 34.3 Å². The summed E-state index contributed by atoms with van der Waals surface area (Å²) >= 11 is 8.09. The lowest BCUT2D eigenvalue weighted by Gasteiger charge is -2.11. The minimum atomic E-state index is 0.666. The van der Waals surface area contributed by atoms with Crippen LogP contribution in [0.3, 0.4) is 0 Å². The van der Waals surface area contributed by atoms with E-state index in [1.165, 1.54) is 0 Å². The van der Waals surface area contributed by atoms with Crippen molar-refractivity contribution in [2.75, 3.05) is 12.4 Å². The molecule has 0 bridgehead atoms. The fraction of sp³-hybridized carbons (Fsp3) is 0.409. The van der Waals surface area contributed by atoms with Crippen LogP contribution in [0.25, 0.3) is 11.0 Å². The summed E-state index contributed by atoms with van der Waals surface area (Å²) in [5, 5.41) is 6.12. The van der Waals surface area contributed by atoms with Gasteiger partial charge in [-0.05, 0) is 56.0 Å². The zero-order chi connectivity index (χ0) is 19.2. The zero-order valence-electron chi connectivity index (χ0n) is 16.1. The summed E-state index contributed by atoms with van der Waals surface area (Å²) < 4.78 is 11.7. The Labute approximate surface area is 170 Å². The molecule has 5 heteroatoms. The maximum Gasteiger partial charge on any atom is 0.174 e. The third-order valence-corrected chi connectivity index (χ3v) is 6.24. The van der Waals surface area contributed by atoms with Gasteiger partial charge in [-0.15, -0.1) is 11.8 Å². The molecule has 1 radical (unpaired) electrons. The summed E-state index contributed by atoms with van der Waals surface area (Å²) in [6, 6.07) is 11.2. The molecule has 0 amide bonds. The van der Waals surface area contributed by atoms with Crippen LogP contribution in [-0.4, -0.2) is 17.5 Å². The molecule has 0 unspecified atom stereocenters. The molecule has 27 heavy (non-hydrogen) atoms. The Kier molecular flexibility index (Phi) is 7.08. The number of rotatable bonds is 9. The van der Waals surface area contributed by atoms with Crippen LogP contribution in [0, 0.1) is 13.0 Å². The van der Waals surface area contributed by atoms with Crippen LogP contribution in [0.4, 0.5) is 0 Å². The molecule has 0 N–H and O–H groups in total. The Bertz CT molecular complexity index is 907. The fourth-order valence-corrected chi connectivity index (χ4v) is 4.27. The molecule has 2 aromatic carbocycles. The Morgan fingerprint density at radius 2 is 2.11 bits per heavy atom. The first-order valence-electron chi connectivity index (χ1n) is 9.48. The molecule has 1 heterocycles. The predicted molar refractivity (Wildman–Crippen MR) is 113 cm³/mol. The van der Waals surface area contributed by atoms with Gasteiger partial charge in [0.15, 0.2) is 5.58 Å². The lowest BCUT2D eigenvalue weighted by Crippen LogP contribution is -2.02. The van der Waals surface area contributed by atoms with Gasteiger partial charge in [-0.2, -0.15) is 0 Å². The van der Waals surface area contributed by atoms with Crippen LogP contribution >= 0.6 is 23.4 Å². The summed E-state index contributed by atoms with van der Waals surface area (Å²) in [6.07, 6.45) is 3.78. The molecule has 3 aromatic rings. The first-order chi connectivity index (χ1) is 13.2. The highest BCUT2D eigenvalue weighted by molar-refractivity contribution is 7.99. The fourth-order valence-electron chi connectivity index (χ4n) is 3.07. The van der Waals surface area contributed by atoms with Crippen LogP contribution in [0.15, 0.2) is 33.7 Å². The normalized spacial score (nSPS) is 11.3. The smallest absolute Gasteiger partial charge is 0.174 e. The van der Waals surface area contributed by atoms with E-state index in [1.54, 1.807) is 11.8 Å². The van der Waals surface area contributed by atoms with Crippen LogP contribution in [-0.2, 0) is 12.8 Å².